The van der Waals surface area contributed by atoms with E-state index in [1.54, 1.807) is 24.3 Å². The third-order valence-electron chi connectivity index (χ3n) is 4.01. The second kappa shape index (κ2) is 7.45. The molecule has 0 aromatic heterocycles. The first-order valence-electron chi connectivity index (χ1n) is 7.90. The molecule has 0 aliphatic carbocycles. The molecule has 1 aliphatic heterocycles. The van der Waals surface area contributed by atoms with E-state index in [0.29, 0.717) is 20.8 Å². The van der Waals surface area contributed by atoms with Gasteiger partial charge in [-0.15, -0.1) is 0 Å². The molecular weight excluding hydrogens is 396 g/mol. The Morgan fingerprint density at radius 2 is 1.70 bits per heavy atom. The predicted octanol–water partition coefficient (Wildman–Crippen LogP) is 1.33. The highest BCUT2D eigenvalue weighted by atomic mass is 35.5. The van der Waals surface area contributed by atoms with Crippen molar-refractivity contribution in [3.8, 4) is 11.5 Å². The third-order valence-corrected chi connectivity index (χ3v) is 6.20. The largest absolute Gasteiger partial charge is 0.457 e. The minimum absolute atomic E-state index is 0.0343. The Labute approximate surface area is 161 Å². The molecule has 0 saturated carbocycles. The molecule has 1 atom stereocenters. The number of nitrogens with zero attached hydrogens (tertiary/aromatic N) is 1. The fourth-order valence-corrected chi connectivity index (χ4v) is 4.29. The molecule has 0 spiro atoms. The number of morpholine rings is 1. The standard InChI is InChI=1S/C17H17ClN2O6S/c18-12-1-3-13(4-2-12)26-14-5-7-15(8-6-14)27(23,24)20-9-10-25-11-17(20,22)16(19)21/h1-8,22H,9-11H2,(H2,19,21). The molecule has 0 radical (unpaired) electrons. The summed E-state index contributed by atoms with van der Waals surface area (Å²) in [7, 11) is -4.18. The lowest BCUT2D eigenvalue weighted by atomic mass is 10.2. The summed E-state index contributed by atoms with van der Waals surface area (Å²) in [5.74, 6) is -0.261. The lowest BCUT2D eigenvalue weighted by Crippen LogP contribution is -2.65. The van der Waals surface area contributed by atoms with E-state index in [4.69, 9.17) is 26.8 Å². The highest BCUT2D eigenvalue weighted by molar-refractivity contribution is 7.89. The molecule has 8 nitrogen and oxygen atoms in total. The number of rotatable bonds is 5. The van der Waals surface area contributed by atoms with Crippen molar-refractivity contribution in [2.45, 2.75) is 10.6 Å². The highest BCUT2D eigenvalue weighted by Gasteiger charge is 2.50. The van der Waals surface area contributed by atoms with Gasteiger partial charge < -0.3 is 20.3 Å². The molecule has 1 unspecified atom stereocenters. The summed E-state index contributed by atoms with van der Waals surface area (Å²) >= 11 is 5.82. The van der Waals surface area contributed by atoms with Gasteiger partial charge in [0.05, 0.1) is 18.1 Å². The Morgan fingerprint density at radius 1 is 1.15 bits per heavy atom. The van der Waals surface area contributed by atoms with E-state index in [0.717, 1.165) is 0 Å². The summed E-state index contributed by atoms with van der Waals surface area (Å²) in [6, 6.07) is 12.2. The number of hydrogen-bond acceptors (Lipinski definition) is 6. The summed E-state index contributed by atoms with van der Waals surface area (Å²) < 4.78 is 37.0. The fourth-order valence-electron chi connectivity index (χ4n) is 2.58. The third kappa shape index (κ3) is 3.92. The first-order chi connectivity index (χ1) is 12.7. The van der Waals surface area contributed by atoms with Crippen molar-refractivity contribution in [1.82, 2.24) is 4.31 Å². The second-order valence-electron chi connectivity index (χ2n) is 5.84. The van der Waals surface area contributed by atoms with Crippen molar-refractivity contribution in [3.05, 3.63) is 53.6 Å². The number of ether oxygens (including phenoxy) is 2. The predicted molar refractivity (Wildman–Crippen MR) is 96.8 cm³/mol. The molecule has 1 heterocycles. The van der Waals surface area contributed by atoms with Crippen LogP contribution in [0.2, 0.25) is 5.02 Å². The minimum atomic E-state index is -4.18. The normalized spacial score (nSPS) is 21.0. The number of primary amides is 1. The van der Waals surface area contributed by atoms with Crippen molar-refractivity contribution in [2.75, 3.05) is 19.8 Å². The summed E-state index contributed by atoms with van der Waals surface area (Å²) in [6.45, 7) is -0.698. The molecule has 2 aromatic rings. The molecule has 144 valence electrons. The van der Waals surface area contributed by atoms with Crippen LogP contribution >= 0.6 is 11.6 Å². The SMILES string of the molecule is NC(=O)C1(O)COCCN1S(=O)(=O)c1ccc(Oc2ccc(Cl)cc2)cc1. The maximum Gasteiger partial charge on any atom is 0.268 e. The van der Waals surface area contributed by atoms with E-state index < -0.39 is 28.3 Å². The summed E-state index contributed by atoms with van der Waals surface area (Å²) in [4.78, 5) is 11.5. The van der Waals surface area contributed by atoms with Gasteiger partial charge in [0.2, 0.25) is 15.7 Å². The van der Waals surface area contributed by atoms with E-state index >= 15 is 0 Å². The Balaban J connectivity index is 1.84. The molecule has 10 heteroatoms. The maximum absolute atomic E-state index is 12.9. The van der Waals surface area contributed by atoms with Crippen LogP contribution in [0.25, 0.3) is 0 Å². The number of sulfonamides is 1. The smallest absolute Gasteiger partial charge is 0.268 e. The van der Waals surface area contributed by atoms with Gasteiger partial charge in [0.25, 0.3) is 5.91 Å². The van der Waals surface area contributed by atoms with Crippen LogP contribution < -0.4 is 10.5 Å². The fraction of sp³-hybridized carbons (Fsp3) is 0.235. The van der Waals surface area contributed by atoms with Crippen molar-refractivity contribution in [2.24, 2.45) is 5.73 Å². The van der Waals surface area contributed by atoms with Crippen molar-refractivity contribution < 1.29 is 27.8 Å². The van der Waals surface area contributed by atoms with Crippen LogP contribution in [0.15, 0.2) is 53.4 Å². The molecule has 2 aromatic carbocycles. The van der Waals surface area contributed by atoms with Crippen molar-refractivity contribution in [3.63, 3.8) is 0 Å². The lowest BCUT2D eigenvalue weighted by Gasteiger charge is -2.39. The zero-order valence-electron chi connectivity index (χ0n) is 14.0. The molecule has 1 fully saturated rings. The van der Waals surface area contributed by atoms with Gasteiger partial charge in [0.1, 0.15) is 11.5 Å². The first-order valence-corrected chi connectivity index (χ1v) is 9.72. The molecule has 1 aliphatic rings. The van der Waals surface area contributed by atoms with Gasteiger partial charge in [-0.1, -0.05) is 11.6 Å². The number of amides is 1. The number of hydrogen-bond donors (Lipinski definition) is 2. The quantitative estimate of drug-likeness (QED) is 0.764. The average Bonchev–Trinajstić information content (AvgIpc) is 2.64. The van der Waals surface area contributed by atoms with Gasteiger partial charge in [0, 0.05) is 11.6 Å². The van der Waals surface area contributed by atoms with Gasteiger partial charge in [-0.05, 0) is 48.5 Å². The highest BCUT2D eigenvalue weighted by Crippen LogP contribution is 2.29. The number of carbonyl (C=O) groups is 1. The molecule has 3 rings (SSSR count). The van der Waals surface area contributed by atoms with Crippen LogP contribution in [0, 0.1) is 0 Å². The Morgan fingerprint density at radius 3 is 2.26 bits per heavy atom. The topological polar surface area (TPSA) is 119 Å². The molecule has 1 amide bonds. The van der Waals surface area contributed by atoms with Crippen LogP contribution in [0.5, 0.6) is 11.5 Å². The van der Waals surface area contributed by atoms with Gasteiger partial charge in [-0.25, -0.2) is 8.42 Å². The second-order valence-corrected chi connectivity index (χ2v) is 8.14. The van der Waals surface area contributed by atoms with Gasteiger partial charge in [-0.3, -0.25) is 4.79 Å². The number of benzene rings is 2. The van der Waals surface area contributed by atoms with E-state index in [1.165, 1.54) is 24.3 Å². The van der Waals surface area contributed by atoms with E-state index in [1.807, 2.05) is 0 Å². The average molecular weight is 413 g/mol. The summed E-state index contributed by atoms with van der Waals surface area (Å²) in [6.07, 6.45) is 0. The number of carbonyl (C=O) groups excluding carboxylic acids is 1. The van der Waals surface area contributed by atoms with Gasteiger partial charge in [-0.2, -0.15) is 4.31 Å². The van der Waals surface area contributed by atoms with Crippen molar-refractivity contribution >= 4 is 27.5 Å². The first kappa shape index (κ1) is 19.6. The molecule has 3 N–H and O–H groups in total. The van der Waals surface area contributed by atoms with Crippen LogP contribution in [0.1, 0.15) is 0 Å². The molecule has 1 saturated heterocycles. The molecular formula is C17H17ClN2O6S. The van der Waals surface area contributed by atoms with E-state index in [-0.39, 0.29) is 18.0 Å². The number of aliphatic hydroxyl groups is 1. The van der Waals surface area contributed by atoms with Crippen LogP contribution in [-0.2, 0) is 19.6 Å². The maximum atomic E-state index is 12.9. The van der Waals surface area contributed by atoms with Gasteiger partial charge >= 0.3 is 0 Å². The minimum Gasteiger partial charge on any atom is -0.457 e. The zero-order valence-corrected chi connectivity index (χ0v) is 15.6. The van der Waals surface area contributed by atoms with E-state index in [9.17, 15) is 18.3 Å². The Hall–Kier alpha value is -2.17. The zero-order chi connectivity index (χ0) is 19.7. The van der Waals surface area contributed by atoms with Crippen LogP contribution in [0.4, 0.5) is 0 Å². The Kier molecular flexibility index (Phi) is 5.41. The monoisotopic (exact) mass is 412 g/mol. The van der Waals surface area contributed by atoms with Crippen molar-refractivity contribution in [1.29, 1.82) is 0 Å². The van der Waals surface area contributed by atoms with Crippen LogP contribution in [-0.4, -0.2) is 49.2 Å². The molecule has 27 heavy (non-hydrogen) atoms. The molecule has 0 bridgehead atoms. The number of nitrogens with two attached hydrogens (primary N) is 1. The number of halogens is 1. The van der Waals surface area contributed by atoms with E-state index in [2.05, 4.69) is 0 Å². The van der Waals surface area contributed by atoms with Crippen LogP contribution in [0.3, 0.4) is 0 Å². The summed E-state index contributed by atoms with van der Waals surface area (Å²) in [5.41, 5.74) is 2.75. The van der Waals surface area contributed by atoms with Gasteiger partial charge in [0.15, 0.2) is 0 Å². The Bertz CT molecular complexity index is 933. The lowest BCUT2D eigenvalue weighted by molar-refractivity contribution is -0.175. The summed E-state index contributed by atoms with van der Waals surface area (Å²) in [5, 5.41) is 11.0.